The van der Waals surface area contributed by atoms with Crippen molar-refractivity contribution in [1.29, 1.82) is 5.26 Å². The second kappa shape index (κ2) is 5.72. The zero-order valence-electron chi connectivity index (χ0n) is 12.5. The van der Waals surface area contributed by atoms with Crippen LogP contribution < -0.4 is 0 Å². The van der Waals surface area contributed by atoms with Gasteiger partial charge in [0.05, 0.1) is 18.0 Å². The zero-order chi connectivity index (χ0) is 15.6. The van der Waals surface area contributed by atoms with Gasteiger partial charge in [0, 0.05) is 6.54 Å². The Morgan fingerprint density at radius 1 is 1.48 bits per heavy atom. The molecule has 112 valence electrons. The SMILES string of the molecule is CC(C)(C)OC(=O)N1C[C@@H](C#N)C[C@@H]1c1cccc(F)c1. The van der Waals surface area contributed by atoms with Gasteiger partial charge in [-0.05, 0) is 44.9 Å². The maximum Gasteiger partial charge on any atom is 0.410 e. The molecular weight excluding hydrogens is 271 g/mol. The van der Waals surface area contributed by atoms with Crippen LogP contribution in [0.3, 0.4) is 0 Å². The summed E-state index contributed by atoms with van der Waals surface area (Å²) in [4.78, 5) is 13.8. The lowest BCUT2D eigenvalue weighted by molar-refractivity contribution is 0.0221. The molecule has 0 bridgehead atoms. The number of nitriles is 1. The predicted octanol–water partition coefficient (Wildman–Crippen LogP) is 3.65. The van der Waals surface area contributed by atoms with Gasteiger partial charge in [0.2, 0.25) is 0 Å². The van der Waals surface area contributed by atoms with Crippen molar-refractivity contribution >= 4 is 6.09 Å². The van der Waals surface area contributed by atoms with Gasteiger partial charge in [-0.3, -0.25) is 4.90 Å². The molecule has 5 heteroatoms. The van der Waals surface area contributed by atoms with Gasteiger partial charge in [0.1, 0.15) is 11.4 Å². The number of benzene rings is 1. The first-order valence-electron chi connectivity index (χ1n) is 6.95. The van der Waals surface area contributed by atoms with Crippen molar-refractivity contribution in [3.8, 4) is 6.07 Å². The van der Waals surface area contributed by atoms with Crippen LogP contribution >= 0.6 is 0 Å². The van der Waals surface area contributed by atoms with E-state index in [9.17, 15) is 9.18 Å². The molecule has 1 aliphatic rings. The Bertz CT molecular complexity index is 574. The minimum atomic E-state index is -0.603. The normalized spacial score (nSPS) is 22.0. The molecule has 0 saturated carbocycles. The van der Waals surface area contributed by atoms with Crippen molar-refractivity contribution in [2.24, 2.45) is 5.92 Å². The summed E-state index contributed by atoms with van der Waals surface area (Å²) < 4.78 is 18.8. The average molecular weight is 290 g/mol. The molecular formula is C16H19FN2O2. The van der Waals surface area contributed by atoms with E-state index < -0.39 is 11.7 Å². The number of hydrogen-bond donors (Lipinski definition) is 0. The summed E-state index contributed by atoms with van der Waals surface area (Å²) in [7, 11) is 0. The van der Waals surface area contributed by atoms with Crippen LogP contribution in [0.15, 0.2) is 24.3 Å². The first-order chi connectivity index (χ1) is 9.80. The number of halogens is 1. The fraction of sp³-hybridized carbons (Fsp3) is 0.500. The van der Waals surface area contributed by atoms with Gasteiger partial charge in [0.15, 0.2) is 0 Å². The van der Waals surface area contributed by atoms with Crippen LogP contribution in [-0.4, -0.2) is 23.1 Å². The average Bonchev–Trinajstić information content (AvgIpc) is 2.81. The number of amides is 1. The highest BCUT2D eigenvalue weighted by molar-refractivity contribution is 5.69. The summed E-state index contributed by atoms with van der Waals surface area (Å²) in [5.41, 5.74) is 0.0903. The standard InChI is InChI=1S/C16H19FN2O2/c1-16(2,3)21-15(20)19-10-11(9-18)7-14(19)12-5-4-6-13(17)8-12/h4-6,8,11,14H,7,10H2,1-3H3/t11-,14-/m1/s1. The van der Waals surface area contributed by atoms with Crippen molar-refractivity contribution in [3.63, 3.8) is 0 Å². The van der Waals surface area contributed by atoms with E-state index in [1.807, 2.05) is 0 Å². The van der Waals surface area contributed by atoms with Crippen molar-refractivity contribution in [2.75, 3.05) is 6.54 Å². The first-order valence-corrected chi connectivity index (χ1v) is 6.95. The molecule has 1 aromatic carbocycles. The Hall–Kier alpha value is -2.09. The molecule has 1 aromatic rings. The van der Waals surface area contributed by atoms with Crippen LogP contribution in [0.2, 0.25) is 0 Å². The molecule has 1 saturated heterocycles. The smallest absolute Gasteiger partial charge is 0.410 e. The topological polar surface area (TPSA) is 53.3 Å². The van der Waals surface area contributed by atoms with E-state index in [2.05, 4.69) is 6.07 Å². The Morgan fingerprint density at radius 3 is 2.76 bits per heavy atom. The Labute approximate surface area is 124 Å². The second-order valence-electron chi connectivity index (χ2n) is 6.27. The van der Waals surface area contributed by atoms with E-state index in [0.717, 1.165) is 0 Å². The van der Waals surface area contributed by atoms with Crippen molar-refractivity contribution < 1.29 is 13.9 Å². The van der Waals surface area contributed by atoms with Crippen LogP contribution in [0.4, 0.5) is 9.18 Å². The lowest BCUT2D eigenvalue weighted by Gasteiger charge is -2.28. The van der Waals surface area contributed by atoms with Gasteiger partial charge in [-0.25, -0.2) is 9.18 Å². The molecule has 0 unspecified atom stereocenters. The van der Waals surface area contributed by atoms with E-state index in [4.69, 9.17) is 10.00 Å². The molecule has 4 nitrogen and oxygen atoms in total. The summed E-state index contributed by atoms with van der Waals surface area (Å²) in [5, 5.41) is 9.11. The van der Waals surface area contributed by atoms with Gasteiger partial charge >= 0.3 is 6.09 Å². The van der Waals surface area contributed by atoms with Crippen LogP contribution in [-0.2, 0) is 4.74 Å². The van der Waals surface area contributed by atoms with Gasteiger partial charge < -0.3 is 4.74 Å². The second-order valence-corrected chi connectivity index (χ2v) is 6.27. The molecule has 0 spiro atoms. The highest BCUT2D eigenvalue weighted by Gasteiger charge is 2.38. The summed E-state index contributed by atoms with van der Waals surface area (Å²) in [6, 6.07) is 8.00. The number of carbonyl (C=O) groups excluding carboxylic acids is 1. The number of nitrogens with zero attached hydrogens (tertiary/aromatic N) is 2. The van der Waals surface area contributed by atoms with Crippen molar-refractivity contribution in [2.45, 2.75) is 38.8 Å². The highest BCUT2D eigenvalue weighted by Crippen LogP contribution is 2.36. The van der Waals surface area contributed by atoms with E-state index in [1.54, 1.807) is 32.9 Å². The molecule has 1 heterocycles. The van der Waals surface area contributed by atoms with Crippen LogP contribution in [0.5, 0.6) is 0 Å². The maximum absolute atomic E-state index is 13.4. The molecule has 2 atom stereocenters. The molecule has 0 radical (unpaired) electrons. The fourth-order valence-corrected chi connectivity index (χ4v) is 2.48. The van der Waals surface area contributed by atoms with Gasteiger partial charge in [-0.1, -0.05) is 12.1 Å². The van der Waals surface area contributed by atoms with E-state index in [1.165, 1.54) is 17.0 Å². The minimum absolute atomic E-state index is 0.259. The third kappa shape index (κ3) is 3.72. The van der Waals surface area contributed by atoms with Crippen molar-refractivity contribution in [1.82, 2.24) is 4.90 Å². The minimum Gasteiger partial charge on any atom is -0.444 e. The molecule has 2 rings (SSSR count). The molecule has 0 N–H and O–H groups in total. The maximum atomic E-state index is 13.4. The van der Waals surface area contributed by atoms with E-state index in [-0.39, 0.29) is 17.8 Å². The Morgan fingerprint density at radius 2 is 2.19 bits per heavy atom. The monoisotopic (exact) mass is 290 g/mol. The number of rotatable bonds is 1. The number of likely N-dealkylation sites (tertiary alicyclic amines) is 1. The van der Waals surface area contributed by atoms with Gasteiger partial charge in [-0.2, -0.15) is 5.26 Å². The molecule has 1 fully saturated rings. The van der Waals surface area contributed by atoms with Crippen LogP contribution in [0, 0.1) is 23.1 Å². The third-order valence-corrected chi connectivity index (χ3v) is 3.35. The lowest BCUT2D eigenvalue weighted by atomic mass is 10.0. The molecule has 0 aromatic heterocycles. The summed E-state index contributed by atoms with van der Waals surface area (Å²) in [6.45, 7) is 5.69. The Balaban J connectivity index is 2.25. The van der Waals surface area contributed by atoms with E-state index in [0.29, 0.717) is 18.5 Å². The summed E-state index contributed by atoms with van der Waals surface area (Å²) in [6.07, 6.45) is 0.0358. The van der Waals surface area contributed by atoms with Crippen LogP contribution in [0.1, 0.15) is 38.8 Å². The highest BCUT2D eigenvalue weighted by atomic mass is 19.1. The molecule has 0 aliphatic carbocycles. The fourth-order valence-electron chi connectivity index (χ4n) is 2.48. The van der Waals surface area contributed by atoms with E-state index >= 15 is 0 Å². The zero-order valence-corrected chi connectivity index (χ0v) is 12.5. The summed E-state index contributed by atoms with van der Waals surface area (Å²) in [5.74, 6) is -0.608. The Kier molecular flexibility index (Phi) is 4.17. The first kappa shape index (κ1) is 15.3. The summed E-state index contributed by atoms with van der Waals surface area (Å²) >= 11 is 0. The van der Waals surface area contributed by atoms with Crippen LogP contribution in [0.25, 0.3) is 0 Å². The van der Waals surface area contributed by atoms with Gasteiger partial charge in [0.25, 0.3) is 0 Å². The largest absolute Gasteiger partial charge is 0.444 e. The van der Waals surface area contributed by atoms with Gasteiger partial charge in [-0.15, -0.1) is 0 Å². The third-order valence-electron chi connectivity index (χ3n) is 3.35. The quantitative estimate of drug-likeness (QED) is 0.793. The molecule has 1 amide bonds. The lowest BCUT2D eigenvalue weighted by Crippen LogP contribution is -2.36. The number of carbonyl (C=O) groups is 1. The molecule has 1 aliphatic heterocycles. The van der Waals surface area contributed by atoms with Crippen molar-refractivity contribution in [3.05, 3.63) is 35.6 Å². The molecule has 21 heavy (non-hydrogen) atoms. The number of ether oxygens (including phenoxy) is 1. The predicted molar refractivity (Wildman–Crippen MR) is 75.8 cm³/mol. The number of hydrogen-bond acceptors (Lipinski definition) is 3.